The fourth-order valence-corrected chi connectivity index (χ4v) is 6.78. The highest BCUT2D eigenvalue weighted by Crippen LogP contribution is 2.63. The molecule has 4 atom stereocenters. The van der Waals surface area contributed by atoms with Gasteiger partial charge in [-0.1, -0.05) is 6.07 Å². The Labute approximate surface area is 155 Å². The molecule has 6 rings (SSSR count). The van der Waals surface area contributed by atoms with Gasteiger partial charge in [0.2, 0.25) is 0 Å². The molecule has 3 bridgehead atoms. The fourth-order valence-electron chi connectivity index (χ4n) is 6.78. The summed E-state index contributed by atoms with van der Waals surface area (Å²) in [6.07, 6.45) is 7.83. The van der Waals surface area contributed by atoms with E-state index in [1.165, 1.54) is 30.5 Å². The van der Waals surface area contributed by atoms with Crippen molar-refractivity contribution in [3.63, 3.8) is 0 Å². The third-order valence-corrected chi connectivity index (χ3v) is 8.19. The Morgan fingerprint density at radius 1 is 1.27 bits per heavy atom. The van der Waals surface area contributed by atoms with Crippen LogP contribution in [0.4, 0.5) is 0 Å². The third-order valence-electron chi connectivity index (χ3n) is 8.19. The molecular formula is C22H29NO3. The van der Waals surface area contributed by atoms with Crippen molar-refractivity contribution >= 4 is 0 Å². The molecule has 0 amide bonds. The number of ether oxygens (including phenoxy) is 2. The molecule has 3 fully saturated rings. The van der Waals surface area contributed by atoms with Gasteiger partial charge in [0, 0.05) is 23.6 Å². The predicted octanol–water partition coefficient (Wildman–Crippen LogP) is 2.90. The quantitative estimate of drug-likeness (QED) is 0.905. The molecule has 2 heterocycles. The summed E-state index contributed by atoms with van der Waals surface area (Å²) in [5.74, 6) is 3.19. The number of hydrogen-bond acceptors (Lipinski definition) is 4. The van der Waals surface area contributed by atoms with E-state index in [1.54, 1.807) is 7.11 Å². The molecule has 26 heavy (non-hydrogen) atoms. The standard InChI is InChI=1S/C22H29NO3/c1-25-17-5-4-16-10-18-22(24)7-6-15-11-21(22,19(16)20(17)26-13-15)8-9-23(18)12-14-2-3-14/h4-5,14-15,18,24H,2-3,6-13H2,1H3/t15-,18+,21+,22+/m0/s1. The zero-order valence-corrected chi connectivity index (χ0v) is 15.7. The summed E-state index contributed by atoms with van der Waals surface area (Å²) in [5.41, 5.74) is 1.93. The van der Waals surface area contributed by atoms with Crippen molar-refractivity contribution in [3.05, 3.63) is 23.3 Å². The highest BCUT2D eigenvalue weighted by molar-refractivity contribution is 5.59. The number of aliphatic hydroxyl groups is 1. The summed E-state index contributed by atoms with van der Waals surface area (Å²) < 4.78 is 12.0. The third kappa shape index (κ3) is 1.87. The van der Waals surface area contributed by atoms with Crippen molar-refractivity contribution in [2.24, 2.45) is 11.8 Å². The molecule has 3 aliphatic carbocycles. The van der Waals surface area contributed by atoms with Gasteiger partial charge in [-0.05, 0) is 75.0 Å². The molecule has 1 saturated heterocycles. The lowest BCUT2D eigenvalue weighted by atomic mass is 9.48. The molecular weight excluding hydrogens is 326 g/mol. The highest BCUT2D eigenvalue weighted by Gasteiger charge is 2.66. The Kier molecular flexibility index (Phi) is 3.13. The van der Waals surface area contributed by atoms with E-state index < -0.39 is 5.60 Å². The highest BCUT2D eigenvalue weighted by atomic mass is 16.5. The SMILES string of the molecule is COc1ccc2c3c1OC[C@H]1CC[C@@]4(O)[C@@H](C2)N(CC2CC2)CC[C@@]34C1. The molecule has 1 aromatic carbocycles. The number of rotatable bonds is 3. The maximum Gasteiger partial charge on any atom is 0.165 e. The lowest BCUT2D eigenvalue weighted by Crippen LogP contribution is -2.73. The van der Waals surface area contributed by atoms with Gasteiger partial charge in [0.1, 0.15) is 0 Å². The van der Waals surface area contributed by atoms with Crippen LogP contribution in [0.15, 0.2) is 12.1 Å². The molecule has 0 aromatic heterocycles. The summed E-state index contributed by atoms with van der Waals surface area (Å²) in [7, 11) is 1.73. The first-order valence-electron chi connectivity index (χ1n) is 10.4. The minimum Gasteiger partial charge on any atom is -0.493 e. The van der Waals surface area contributed by atoms with E-state index in [9.17, 15) is 5.11 Å². The van der Waals surface area contributed by atoms with E-state index in [2.05, 4.69) is 17.0 Å². The van der Waals surface area contributed by atoms with Crippen LogP contribution in [0, 0.1) is 11.8 Å². The minimum absolute atomic E-state index is 0.144. The maximum atomic E-state index is 12.2. The number of likely N-dealkylation sites (tertiary alicyclic amines) is 1. The maximum absolute atomic E-state index is 12.2. The largest absolute Gasteiger partial charge is 0.493 e. The first-order chi connectivity index (χ1) is 12.6. The fraction of sp³-hybridized carbons (Fsp3) is 0.727. The van der Waals surface area contributed by atoms with Crippen LogP contribution in [0.1, 0.15) is 49.7 Å². The van der Waals surface area contributed by atoms with Crippen molar-refractivity contribution in [3.8, 4) is 11.5 Å². The molecule has 5 aliphatic rings. The number of fused-ring (bicyclic) bond motifs is 1. The normalized spacial score (nSPS) is 40.5. The molecule has 4 heteroatoms. The number of piperidine rings is 1. The number of methoxy groups -OCH3 is 1. The lowest BCUT2D eigenvalue weighted by Gasteiger charge is -2.64. The summed E-state index contributed by atoms with van der Waals surface area (Å²) >= 11 is 0. The number of benzene rings is 1. The molecule has 2 saturated carbocycles. The molecule has 140 valence electrons. The van der Waals surface area contributed by atoms with Crippen LogP contribution < -0.4 is 9.47 Å². The van der Waals surface area contributed by atoms with E-state index in [4.69, 9.17) is 9.47 Å². The van der Waals surface area contributed by atoms with Gasteiger partial charge in [-0.15, -0.1) is 0 Å². The summed E-state index contributed by atoms with van der Waals surface area (Å²) in [5, 5.41) is 12.2. The van der Waals surface area contributed by atoms with Crippen LogP contribution in [0.3, 0.4) is 0 Å². The Morgan fingerprint density at radius 3 is 2.96 bits per heavy atom. The minimum atomic E-state index is -0.613. The second-order valence-corrected chi connectivity index (χ2v) is 9.47. The first kappa shape index (κ1) is 15.8. The molecule has 1 aromatic rings. The smallest absolute Gasteiger partial charge is 0.165 e. The average molecular weight is 355 g/mol. The lowest BCUT2D eigenvalue weighted by molar-refractivity contribution is -0.173. The van der Waals surface area contributed by atoms with E-state index >= 15 is 0 Å². The Bertz CT molecular complexity index is 760. The van der Waals surface area contributed by atoms with Crippen molar-refractivity contribution in [2.75, 3.05) is 26.8 Å². The van der Waals surface area contributed by atoms with E-state index in [-0.39, 0.29) is 11.5 Å². The van der Waals surface area contributed by atoms with Gasteiger partial charge in [0.05, 0.1) is 19.3 Å². The van der Waals surface area contributed by atoms with Gasteiger partial charge < -0.3 is 14.6 Å². The summed E-state index contributed by atoms with van der Waals surface area (Å²) in [4.78, 5) is 2.64. The second-order valence-electron chi connectivity index (χ2n) is 9.47. The molecule has 1 N–H and O–H groups in total. The monoisotopic (exact) mass is 355 g/mol. The Balaban J connectivity index is 1.55. The van der Waals surface area contributed by atoms with Crippen LogP contribution in [0.25, 0.3) is 0 Å². The van der Waals surface area contributed by atoms with E-state index in [0.717, 1.165) is 62.7 Å². The van der Waals surface area contributed by atoms with E-state index in [0.29, 0.717) is 5.92 Å². The zero-order valence-electron chi connectivity index (χ0n) is 15.7. The van der Waals surface area contributed by atoms with Crippen molar-refractivity contribution in [1.82, 2.24) is 4.90 Å². The van der Waals surface area contributed by atoms with Crippen LogP contribution in [-0.4, -0.2) is 48.5 Å². The topological polar surface area (TPSA) is 41.9 Å². The molecule has 0 unspecified atom stereocenters. The second kappa shape index (κ2) is 5.17. The van der Waals surface area contributed by atoms with Gasteiger partial charge in [-0.2, -0.15) is 0 Å². The summed E-state index contributed by atoms with van der Waals surface area (Å²) in [6.45, 7) is 3.06. The molecule has 4 nitrogen and oxygen atoms in total. The van der Waals surface area contributed by atoms with Crippen LogP contribution in [-0.2, 0) is 11.8 Å². The van der Waals surface area contributed by atoms with Gasteiger partial charge in [0.15, 0.2) is 11.5 Å². The first-order valence-corrected chi connectivity index (χ1v) is 10.4. The van der Waals surface area contributed by atoms with Crippen molar-refractivity contribution < 1.29 is 14.6 Å². The number of nitrogens with zero attached hydrogens (tertiary/aromatic N) is 1. The number of hydrogen-bond donors (Lipinski definition) is 1. The van der Waals surface area contributed by atoms with Crippen LogP contribution in [0.2, 0.25) is 0 Å². The zero-order chi connectivity index (χ0) is 17.5. The Morgan fingerprint density at radius 2 is 2.15 bits per heavy atom. The van der Waals surface area contributed by atoms with Crippen LogP contribution in [0.5, 0.6) is 11.5 Å². The van der Waals surface area contributed by atoms with Crippen LogP contribution >= 0.6 is 0 Å². The van der Waals surface area contributed by atoms with Gasteiger partial charge in [-0.3, -0.25) is 4.90 Å². The van der Waals surface area contributed by atoms with Gasteiger partial charge in [-0.25, -0.2) is 0 Å². The molecule has 2 aliphatic heterocycles. The van der Waals surface area contributed by atoms with Gasteiger partial charge in [0.25, 0.3) is 0 Å². The van der Waals surface area contributed by atoms with Gasteiger partial charge >= 0.3 is 0 Å². The molecule has 1 spiro atoms. The molecule has 0 radical (unpaired) electrons. The van der Waals surface area contributed by atoms with Crippen molar-refractivity contribution in [1.29, 1.82) is 0 Å². The van der Waals surface area contributed by atoms with Crippen molar-refractivity contribution in [2.45, 2.75) is 62.0 Å². The van der Waals surface area contributed by atoms with E-state index in [1.807, 2.05) is 0 Å². The predicted molar refractivity (Wildman–Crippen MR) is 98.9 cm³/mol. The average Bonchev–Trinajstić information content (AvgIpc) is 3.46. The summed E-state index contributed by atoms with van der Waals surface area (Å²) in [6, 6.07) is 4.58. The Hall–Kier alpha value is -1.26.